The molecule has 0 atom stereocenters. The van der Waals surface area contributed by atoms with Crippen LogP contribution in [-0.4, -0.2) is 10.0 Å². The van der Waals surface area contributed by atoms with Crippen molar-refractivity contribution in [3.05, 3.63) is 63.7 Å². The maximum absolute atomic E-state index is 11.0. The monoisotopic (exact) mass is 270 g/mol. The van der Waals surface area contributed by atoms with Crippen LogP contribution < -0.4 is 4.74 Å². The molecule has 1 N–H and O–H groups in total. The minimum atomic E-state index is -0.649. The van der Waals surface area contributed by atoms with Crippen molar-refractivity contribution < 1.29 is 14.8 Å². The van der Waals surface area contributed by atoms with Crippen molar-refractivity contribution in [1.29, 1.82) is 5.26 Å². The molecule has 0 unspecified atom stereocenters. The molecule has 0 saturated carbocycles. The fraction of sp³-hybridized carbons (Fsp3) is 0.0714. The molecule has 2 rings (SSSR count). The van der Waals surface area contributed by atoms with Gasteiger partial charge in [-0.05, 0) is 29.8 Å². The van der Waals surface area contributed by atoms with Crippen LogP contribution in [0.3, 0.4) is 0 Å². The van der Waals surface area contributed by atoms with Gasteiger partial charge < -0.3 is 9.84 Å². The number of benzene rings is 2. The maximum atomic E-state index is 11.0. The van der Waals surface area contributed by atoms with Gasteiger partial charge in [-0.15, -0.1) is 0 Å². The van der Waals surface area contributed by atoms with Gasteiger partial charge in [0, 0.05) is 0 Å². The van der Waals surface area contributed by atoms with Gasteiger partial charge in [0.2, 0.25) is 5.75 Å². The standard InChI is InChI=1S/C14H10N2O4/c15-8-11-4-2-6-13(14(11)16(18)19)20-12-5-1-3-10(7-12)9-17/h1-7,17H,9H2. The Hall–Kier alpha value is -2.91. The molecule has 0 spiro atoms. The average Bonchev–Trinajstić information content (AvgIpc) is 2.46. The third kappa shape index (κ3) is 2.74. The average molecular weight is 270 g/mol. The van der Waals surface area contributed by atoms with Crippen molar-refractivity contribution in [3.63, 3.8) is 0 Å². The minimum Gasteiger partial charge on any atom is -0.450 e. The number of nitriles is 1. The van der Waals surface area contributed by atoms with Crippen molar-refractivity contribution in [1.82, 2.24) is 0 Å². The van der Waals surface area contributed by atoms with Crippen LogP contribution in [0, 0.1) is 21.4 Å². The Bertz CT molecular complexity index is 692. The number of rotatable bonds is 4. The van der Waals surface area contributed by atoms with E-state index in [0.29, 0.717) is 11.3 Å². The van der Waals surface area contributed by atoms with Gasteiger partial charge in [0.25, 0.3) is 0 Å². The smallest absolute Gasteiger partial charge is 0.329 e. The minimum absolute atomic E-state index is 0.0101. The lowest BCUT2D eigenvalue weighted by atomic mass is 10.2. The molecule has 0 aliphatic rings. The largest absolute Gasteiger partial charge is 0.450 e. The molecule has 20 heavy (non-hydrogen) atoms. The van der Waals surface area contributed by atoms with E-state index in [1.165, 1.54) is 18.2 Å². The van der Waals surface area contributed by atoms with Crippen LogP contribution in [0.25, 0.3) is 0 Å². The van der Waals surface area contributed by atoms with Crippen LogP contribution in [0.5, 0.6) is 11.5 Å². The molecule has 6 nitrogen and oxygen atoms in total. The van der Waals surface area contributed by atoms with E-state index in [1.807, 2.05) is 0 Å². The Morgan fingerprint density at radius 1 is 1.30 bits per heavy atom. The van der Waals surface area contributed by atoms with Crippen LogP contribution in [0.1, 0.15) is 11.1 Å². The Morgan fingerprint density at radius 3 is 2.70 bits per heavy atom. The summed E-state index contributed by atoms with van der Waals surface area (Å²) in [6.45, 7) is -0.155. The molecule has 6 heteroatoms. The number of ether oxygens (including phenoxy) is 1. The summed E-state index contributed by atoms with van der Waals surface area (Å²) in [5.74, 6) is 0.346. The van der Waals surface area contributed by atoms with Crippen LogP contribution in [0.2, 0.25) is 0 Å². The Morgan fingerprint density at radius 2 is 2.05 bits per heavy atom. The zero-order valence-corrected chi connectivity index (χ0v) is 10.3. The lowest BCUT2D eigenvalue weighted by Crippen LogP contribution is -1.96. The van der Waals surface area contributed by atoms with Crippen LogP contribution in [0.4, 0.5) is 5.69 Å². The van der Waals surface area contributed by atoms with E-state index < -0.39 is 4.92 Å². The summed E-state index contributed by atoms with van der Waals surface area (Å²) in [5, 5.41) is 29.0. The predicted octanol–water partition coefficient (Wildman–Crippen LogP) is 2.75. The Balaban J connectivity index is 2.43. The van der Waals surface area contributed by atoms with Crippen molar-refractivity contribution in [2.24, 2.45) is 0 Å². The maximum Gasteiger partial charge on any atom is 0.329 e. The van der Waals surface area contributed by atoms with Gasteiger partial charge in [0.05, 0.1) is 11.5 Å². The highest BCUT2D eigenvalue weighted by Gasteiger charge is 2.21. The zero-order valence-electron chi connectivity index (χ0n) is 10.3. The molecule has 0 aliphatic carbocycles. The second kappa shape index (κ2) is 5.82. The summed E-state index contributed by atoms with van der Waals surface area (Å²) in [6.07, 6.45) is 0. The number of aliphatic hydroxyl groups is 1. The van der Waals surface area contributed by atoms with E-state index in [2.05, 4.69) is 0 Å². The first-order chi connectivity index (χ1) is 9.65. The molecule has 0 aliphatic heterocycles. The van der Waals surface area contributed by atoms with E-state index in [9.17, 15) is 10.1 Å². The lowest BCUT2D eigenvalue weighted by Gasteiger charge is -2.07. The fourth-order valence-corrected chi connectivity index (χ4v) is 1.72. The highest BCUT2D eigenvalue weighted by atomic mass is 16.6. The fourth-order valence-electron chi connectivity index (χ4n) is 1.72. The normalized spacial score (nSPS) is 9.80. The third-order valence-electron chi connectivity index (χ3n) is 2.61. The number of para-hydroxylation sites is 1. The molecule has 0 saturated heterocycles. The summed E-state index contributed by atoms with van der Waals surface area (Å²) in [5.41, 5.74) is 0.191. The lowest BCUT2D eigenvalue weighted by molar-refractivity contribution is -0.385. The van der Waals surface area contributed by atoms with Gasteiger partial charge >= 0.3 is 5.69 Å². The van der Waals surface area contributed by atoms with Gasteiger partial charge in [-0.3, -0.25) is 10.1 Å². The molecule has 0 radical (unpaired) electrons. The number of aliphatic hydroxyl groups excluding tert-OH is 1. The first-order valence-corrected chi connectivity index (χ1v) is 5.71. The Kier molecular flexibility index (Phi) is 3.93. The van der Waals surface area contributed by atoms with E-state index >= 15 is 0 Å². The van der Waals surface area contributed by atoms with Crippen molar-refractivity contribution >= 4 is 5.69 Å². The van der Waals surface area contributed by atoms with Gasteiger partial charge in [0.15, 0.2) is 0 Å². The third-order valence-corrected chi connectivity index (χ3v) is 2.61. The zero-order chi connectivity index (χ0) is 14.5. The summed E-state index contributed by atoms with van der Waals surface area (Å²) >= 11 is 0. The number of nitro groups is 1. The van der Waals surface area contributed by atoms with E-state index in [4.69, 9.17) is 15.1 Å². The summed E-state index contributed by atoms with van der Waals surface area (Å²) in [7, 11) is 0. The highest BCUT2D eigenvalue weighted by Crippen LogP contribution is 2.34. The van der Waals surface area contributed by atoms with Crippen molar-refractivity contribution in [2.75, 3.05) is 0 Å². The molecule has 0 fully saturated rings. The first-order valence-electron chi connectivity index (χ1n) is 5.71. The highest BCUT2D eigenvalue weighted by molar-refractivity contribution is 5.59. The Labute approximate surface area is 114 Å². The number of nitro benzene ring substituents is 1. The quantitative estimate of drug-likeness (QED) is 0.680. The van der Waals surface area contributed by atoms with Gasteiger partial charge in [-0.25, -0.2) is 0 Å². The summed E-state index contributed by atoms with van der Waals surface area (Å²) in [4.78, 5) is 10.4. The van der Waals surface area contributed by atoms with E-state index in [0.717, 1.165) is 0 Å². The van der Waals surface area contributed by atoms with E-state index in [1.54, 1.807) is 30.3 Å². The first kappa shape index (κ1) is 13.5. The predicted molar refractivity (Wildman–Crippen MR) is 70.3 cm³/mol. The van der Waals surface area contributed by atoms with Gasteiger partial charge in [0.1, 0.15) is 17.4 Å². The van der Waals surface area contributed by atoms with Crippen molar-refractivity contribution in [2.45, 2.75) is 6.61 Å². The summed E-state index contributed by atoms with van der Waals surface area (Å²) < 4.78 is 5.45. The SMILES string of the molecule is N#Cc1cccc(Oc2cccc(CO)c2)c1[N+](=O)[O-]. The second-order valence-corrected chi connectivity index (χ2v) is 3.93. The van der Waals surface area contributed by atoms with Crippen LogP contribution in [-0.2, 0) is 6.61 Å². The molecule has 2 aromatic carbocycles. The van der Waals surface area contributed by atoms with Crippen LogP contribution in [0.15, 0.2) is 42.5 Å². The number of hydrogen-bond acceptors (Lipinski definition) is 5. The molecule has 0 aromatic heterocycles. The summed E-state index contributed by atoms with van der Waals surface area (Å²) in [6, 6.07) is 12.6. The molecule has 0 amide bonds. The van der Waals surface area contributed by atoms with Crippen molar-refractivity contribution in [3.8, 4) is 17.6 Å². The number of nitrogens with zero attached hydrogens (tertiary/aromatic N) is 2. The van der Waals surface area contributed by atoms with E-state index in [-0.39, 0.29) is 23.6 Å². The number of hydrogen-bond donors (Lipinski definition) is 1. The topological polar surface area (TPSA) is 96.4 Å². The molecule has 100 valence electrons. The molecular formula is C14H10N2O4. The van der Waals surface area contributed by atoms with Gasteiger partial charge in [-0.1, -0.05) is 18.2 Å². The molecule has 2 aromatic rings. The second-order valence-electron chi connectivity index (χ2n) is 3.93. The van der Waals surface area contributed by atoms with Gasteiger partial charge in [-0.2, -0.15) is 5.26 Å². The van der Waals surface area contributed by atoms with Crippen LogP contribution >= 0.6 is 0 Å². The molecule has 0 heterocycles. The molecular weight excluding hydrogens is 260 g/mol. The molecule has 0 bridgehead atoms.